The first kappa shape index (κ1) is 32.5. The van der Waals surface area contributed by atoms with Crippen molar-refractivity contribution < 1.29 is 38.5 Å². The number of rotatable bonds is 13. The summed E-state index contributed by atoms with van der Waals surface area (Å²) in [5.41, 5.74) is 1.75. The van der Waals surface area contributed by atoms with Gasteiger partial charge in [-0.15, -0.1) is 0 Å². The largest absolute Gasteiger partial charge is 0.481 e. The van der Waals surface area contributed by atoms with E-state index in [0.29, 0.717) is 17.7 Å². The summed E-state index contributed by atoms with van der Waals surface area (Å²) < 4.78 is 14.4. The standard InChI is InChI=1S/C28H36N5O8P/c1-18(30-19(2)34)26(37)29-17-42(40,41)33-14-6-9-24(33)28(39)32-23(15-20-7-4-3-5-8-20)27(38)31-22-12-10-21(11-13-22)16-25(35)36/h3-5,7-8,10-13,18,23-24H,6,9,14-17H2,1-2H3,(H,29,37)(H,30,34)(H,31,38)(H,32,39)(H,35,36)(H,40,41)/t18-,23-,24-/m0/s1. The van der Waals surface area contributed by atoms with Crippen molar-refractivity contribution in [2.75, 3.05) is 18.1 Å². The van der Waals surface area contributed by atoms with Gasteiger partial charge in [0.2, 0.25) is 23.6 Å². The van der Waals surface area contributed by atoms with Crippen molar-refractivity contribution in [2.45, 2.75) is 57.7 Å². The first-order chi connectivity index (χ1) is 19.9. The predicted octanol–water partition coefficient (Wildman–Crippen LogP) is 1.23. The van der Waals surface area contributed by atoms with Crippen LogP contribution in [0.25, 0.3) is 0 Å². The van der Waals surface area contributed by atoms with Crippen molar-refractivity contribution in [1.82, 2.24) is 20.6 Å². The van der Waals surface area contributed by atoms with E-state index < -0.39 is 61.5 Å². The van der Waals surface area contributed by atoms with Crippen LogP contribution in [0.2, 0.25) is 0 Å². The maximum Gasteiger partial charge on any atom is 0.307 e. The number of anilines is 1. The fourth-order valence-electron chi connectivity index (χ4n) is 4.62. The van der Waals surface area contributed by atoms with Gasteiger partial charge in [0.1, 0.15) is 18.4 Å². The van der Waals surface area contributed by atoms with Crippen molar-refractivity contribution in [3.63, 3.8) is 0 Å². The summed E-state index contributed by atoms with van der Waals surface area (Å²) in [7, 11) is -4.20. The number of hydrogen-bond acceptors (Lipinski definition) is 6. The van der Waals surface area contributed by atoms with Crippen LogP contribution in [-0.4, -0.2) is 75.2 Å². The fourth-order valence-corrected chi connectivity index (χ4v) is 6.28. The number of aliphatic carboxylic acids is 1. The molecule has 1 unspecified atom stereocenters. The van der Waals surface area contributed by atoms with Gasteiger partial charge in [0, 0.05) is 25.6 Å². The summed E-state index contributed by atoms with van der Waals surface area (Å²) in [6.45, 7) is 2.83. The number of carbonyl (C=O) groups is 5. The van der Waals surface area contributed by atoms with Crippen molar-refractivity contribution in [2.24, 2.45) is 0 Å². The molecule has 14 heteroatoms. The normalized spacial score (nSPS) is 17.7. The fraction of sp³-hybridized carbons (Fsp3) is 0.393. The Morgan fingerprint density at radius 1 is 0.976 bits per heavy atom. The lowest BCUT2D eigenvalue weighted by Crippen LogP contribution is -2.51. The average Bonchev–Trinajstić information content (AvgIpc) is 3.44. The molecule has 0 saturated carbocycles. The molecule has 3 rings (SSSR count). The molecule has 1 heterocycles. The van der Waals surface area contributed by atoms with Crippen LogP contribution in [-0.2, 0) is 41.4 Å². The Hall–Kier alpha value is -4.06. The second kappa shape index (κ2) is 14.7. The number of nitrogens with zero attached hydrogens (tertiary/aromatic N) is 1. The summed E-state index contributed by atoms with van der Waals surface area (Å²) in [4.78, 5) is 71.9. The van der Waals surface area contributed by atoms with Gasteiger partial charge in [0.15, 0.2) is 0 Å². The number of carboxylic acids is 1. The lowest BCUT2D eigenvalue weighted by Gasteiger charge is -2.30. The third kappa shape index (κ3) is 9.51. The molecule has 0 spiro atoms. The summed E-state index contributed by atoms with van der Waals surface area (Å²) in [6, 6.07) is 12.4. The van der Waals surface area contributed by atoms with Crippen LogP contribution >= 0.6 is 7.52 Å². The average molecular weight is 602 g/mol. The van der Waals surface area contributed by atoms with E-state index in [1.165, 1.54) is 13.8 Å². The Morgan fingerprint density at radius 2 is 1.64 bits per heavy atom. The molecule has 6 N–H and O–H groups in total. The molecule has 1 aliphatic rings. The lowest BCUT2D eigenvalue weighted by molar-refractivity contribution is -0.136. The smallest absolute Gasteiger partial charge is 0.307 e. The van der Waals surface area contributed by atoms with Crippen LogP contribution in [0.15, 0.2) is 54.6 Å². The second-order valence-corrected chi connectivity index (χ2v) is 12.3. The van der Waals surface area contributed by atoms with Crippen molar-refractivity contribution in [1.29, 1.82) is 0 Å². The number of benzene rings is 2. The van der Waals surface area contributed by atoms with E-state index in [1.807, 2.05) is 18.2 Å². The molecule has 226 valence electrons. The SMILES string of the molecule is CC(=O)N[C@@H](C)C(=O)NCP(=O)(O)N1CCC[C@H]1C(=O)N[C@@H](Cc1ccccc1)C(=O)Nc1ccc(CC(=O)O)cc1. The Morgan fingerprint density at radius 3 is 2.26 bits per heavy atom. The molecule has 13 nitrogen and oxygen atoms in total. The van der Waals surface area contributed by atoms with Crippen molar-refractivity contribution in [3.8, 4) is 0 Å². The molecule has 0 aliphatic carbocycles. The highest BCUT2D eigenvalue weighted by Crippen LogP contribution is 2.48. The molecule has 1 saturated heterocycles. The molecule has 42 heavy (non-hydrogen) atoms. The first-order valence-corrected chi connectivity index (χ1v) is 15.2. The van der Waals surface area contributed by atoms with Crippen LogP contribution < -0.4 is 21.3 Å². The number of nitrogens with one attached hydrogen (secondary N) is 4. The van der Waals surface area contributed by atoms with E-state index in [0.717, 1.165) is 10.2 Å². The number of carbonyl (C=O) groups excluding carboxylic acids is 4. The van der Waals surface area contributed by atoms with Crippen LogP contribution in [0.5, 0.6) is 0 Å². The highest BCUT2D eigenvalue weighted by molar-refractivity contribution is 7.55. The van der Waals surface area contributed by atoms with Gasteiger partial charge in [0.25, 0.3) is 7.52 Å². The van der Waals surface area contributed by atoms with Gasteiger partial charge in [-0.2, -0.15) is 0 Å². The maximum atomic E-state index is 13.4. The minimum atomic E-state index is -4.20. The number of amides is 4. The van der Waals surface area contributed by atoms with Gasteiger partial charge in [-0.1, -0.05) is 42.5 Å². The Kier molecular flexibility index (Phi) is 11.4. The topological polar surface area (TPSA) is 194 Å². The summed E-state index contributed by atoms with van der Waals surface area (Å²) in [6.07, 6.45) is 0.0986. The molecule has 2 aromatic rings. The van der Waals surface area contributed by atoms with E-state index in [4.69, 9.17) is 5.11 Å². The van der Waals surface area contributed by atoms with Crippen LogP contribution in [0, 0.1) is 0 Å². The molecular weight excluding hydrogens is 565 g/mol. The zero-order valence-corrected chi connectivity index (χ0v) is 24.3. The van der Waals surface area contributed by atoms with Crippen LogP contribution in [0.1, 0.15) is 37.8 Å². The zero-order valence-electron chi connectivity index (χ0n) is 23.4. The molecular formula is C28H36N5O8P. The molecule has 0 bridgehead atoms. The monoisotopic (exact) mass is 601 g/mol. The van der Waals surface area contributed by atoms with Crippen molar-refractivity contribution in [3.05, 3.63) is 65.7 Å². The summed E-state index contributed by atoms with van der Waals surface area (Å²) in [5.74, 6) is -3.17. The third-order valence-corrected chi connectivity index (χ3v) is 8.55. The van der Waals surface area contributed by atoms with E-state index in [9.17, 15) is 33.4 Å². The van der Waals surface area contributed by atoms with Crippen LogP contribution in [0.3, 0.4) is 0 Å². The number of carboxylic acid groups (broad SMARTS) is 1. The van der Waals surface area contributed by atoms with Crippen LogP contribution in [0.4, 0.5) is 5.69 Å². The third-order valence-electron chi connectivity index (χ3n) is 6.69. The lowest BCUT2D eigenvalue weighted by atomic mass is 10.0. The maximum absolute atomic E-state index is 13.4. The van der Waals surface area contributed by atoms with E-state index >= 15 is 0 Å². The summed E-state index contributed by atoms with van der Waals surface area (Å²) in [5, 5.41) is 19.2. The Bertz CT molecular complexity index is 1340. The minimum Gasteiger partial charge on any atom is -0.481 e. The highest BCUT2D eigenvalue weighted by Gasteiger charge is 2.42. The molecule has 2 aromatic carbocycles. The molecule has 4 atom stereocenters. The van der Waals surface area contributed by atoms with Gasteiger partial charge in [-0.3, -0.25) is 28.5 Å². The van der Waals surface area contributed by atoms with Gasteiger partial charge < -0.3 is 31.3 Å². The van der Waals surface area contributed by atoms with Crippen molar-refractivity contribution >= 4 is 42.8 Å². The van der Waals surface area contributed by atoms with Gasteiger partial charge >= 0.3 is 5.97 Å². The molecule has 1 fully saturated rings. The summed E-state index contributed by atoms with van der Waals surface area (Å²) >= 11 is 0. The van der Waals surface area contributed by atoms with E-state index in [-0.39, 0.29) is 25.8 Å². The Balaban J connectivity index is 1.71. The Labute approximate surface area is 243 Å². The second-order valence-electron chi connectivity index (χ2n) is 10.1. The van der Waals surface area contributed by atoms with Gasteiger partial charge in [0.05, 0.1) is 12.5 Å². The highest BCUT2D eigenvalue weighted by atomic mass is 31.2. The quantitative estimate of drug-likeness (QED) is 0.183. The zero-order chi connectivity index (χ0) is 30.9. The van der Waals surface area contributed by atoms with Gasteiger partial charge in [-0.05, 0) is 43.0 Å². The minimum absolute atomic E-state index is 0.140. The molecule has 1 aliphatic heterocycles. The predicted molar refractivity (Wildman–Crippen MR) is 154 cm³/mol. The molecule has 0 aromatic heterocycles. The van der Waals surface area contributed by atoms with E-state index in [2.05, 4.69) is 21.3 Å². The first-order valence-electron chi connectivity index (χ1n) is 13.5. The van der Waals surface area contributed by atoms with Gasteiger partial charge in [-0.25, -0.2) is 4.67 Å². The molecule has 4 amide bonds. The molecule has 0 radical (unpaired) electrons. The van der Waals surface area contributed by atoms with E-state index in [1.54, 1.807) is 36.4 Å². The number of hydrogen-bond donors (Lipinski definition) is 6.